The van der Waals surface area contributed by atoms with Crippen molar-refractivity contribution in [3.8, 4) is 0 Å². The predicted molar refractivity (Wildman–Crippen MR) is 81.4 cm³/mol. The number of rotatable bonds is 5. The molecule has 0 spiro atoms. The van der Waals surface area contributed by atoms with E-state index in [0.717, 1.165) is 11.1 Å². The van der Waals surface area contributed by atoms with Crippen molar-refractivity contribution in [2.75, 3.05) is 5.73 Å². The fourth-order valence-corrected chi connectivity index (χ4v) is 1.92. The van der Waals surface area contributed by atoms with Crippen LogP contribution in [0, 0.1) is 0 Å². The summed E-state index contributed by atoms with van der Waals surface area (Å²) in [5.74, 6) is -0.575. The molecule has 0 bridgehead atoms. The standard InChI is InChI=1S/C16H17N3O2/c17-14-6-4-11(5-7-14)9-15(20)19-10-12-2-1-3-13(8-12)16(18)21/h1-8H,9-10,17H2,(H2,18,21)(H,19,20). The van der Waals surface area contributed by atoms with Crippen LogP contribution in [0.3, 0.4) is 0 Å². The molecule has 0 heterocycles. The van der Waals surface area contributed by atoms with Crippen molar-refractivity contribution in [2.24, 2.45) is 5.73 Å². The van der Waals surface area contributed by atoms with Crippen molar-refractivity contribution in [2.45, 2.75) is 13.0 Å². The molecule has 0 radical (unpaired) electrons. The van der Waals surface area contributed by atoms with Gasteiger partial charge in [0.2, 0.25) is 11.8 Å². The molecular weight excluding hydrogens is 266 g/mol. The fourth-order valence-electron chi connectivity index (χ4n) is 1.92. The van der Waals surface area contributed by atoms with Crippen LogP contribution in [0.25, 0.3) is 0 Å². The van der Waals surface area contributed by atoms with Crippen molar-refractivity contribution in [3.63, 3.8) is 0 Å². The van der Waals surface area contributed by atoms with Crippen molar-refractivity contribution in [1.29, 1.82) is 0 Å². The number of benzene rings is 2. The van der Waals surface area contributed by atoms with Crippen molar-refractivity contribution in [3.05, 3.63) is 65.2 Å². The largest absolute Gasteiger partial charge is 0.399 e. The summed E-state index contributed by atoms with van der Waals surface area (Å²) < 4.78 is 0. The predicted octanol–water partition coefficient (Wildman–Crippen LogP) is 1.23. The molecule has 108 valence electrons. The molecule has 0 aliphatic rings. The van der Waals surface area contributed by atoms with Gasteiger partial charge < -0.3 is 16.8 Å². The van der Waals surface area contributed by atoms with Gasteiger partial charge in [-0.1, -0.05) is 24.3 Å². The molecule has 0 fully saturated rings. The van der Waals surface area contributed by atoms with Gasteiger partial charge in [-0.15, -0.1) is 0 Å². The maximum absolute atomic E-state index is 11.9. The second kappa shape index (κ2) is 6.56. The average molecular weight is 283 g/mol. The van der Waals surface area contributed by atoms with Gasteiger partial charge in [0.15, 0.2) is 0 Å². The third-order valence-corrected chi connectivity index (χ3v) is 3.05. The van der Waals surface area contributed by atoms with Gasteiger partial charge in [0.05, 0.1) is 6.42 Å². The number of carbonyl (C=O) groups is 2. The van der Waals surface area contributed by atoms with Gasteiger partial charge in [0.25, 0.3) is 0 Å². The Morgan fingerprint density at radius 2 is 1.71 bits per heavy atom. The van der Waals surface area contributed by atoms with E-state index in [4.69, 9.17) is 11.5 Å². The molecule has 2 rings (SSSR count). The van der Waals surface area contributed by atoms with E-state index < -0.39 is 5.91 Å². The number of nitrogen functional groups attached to an aromatic ring is 1. The Morgan fingerprint density at radius 3 is 2.38 bits per heavy atom. The maximum Gasteiger partial charge on any atom is 0.248 e. The first-order chi connectivity index (χ1) is 10.0. The third-order valence-electron chi connectivity index (χ3n) is 3.05. The Morgan fingerprint density at radius 1 is 1.00 bits per heavy atom. The number of anilines is 1. The minimum atomic E-state index is -0.481. The Labute approximate surface area is 123 Å². The molecule has 0 unspecified atom stereocenters. The highest BCUT2D eigenvalue weighted by Gasteiger charge is 2.05. The van der Waals surface area contributed by atoms with E-state index in [0.29, 0.717) is 17.8 Å². The number of amides is 2. The van der Waals surface area contributed by atoms with E-state index in [1.165, 1.54) is 0 Å². The monoisotopic (exact) mass is 283 g/mol. The van der Waals surface area contributed by atoms with E-state index in [1.54, 1.807) is 30.3 Å². The molecule has 0 aliphatic carbocycles. The molecule has 5 N–H and O–H groups in total. The number of hydrogen-bond acceptors (Lipinski definition) is 3. The second-order valence-electron chi connectivity index (χ2n) is 4.76. The quantitative estimate of drug-likeness (QED) is 0.720. The summed E-state index contributed by atoms with van der Waals surface area (Å²) in [6, 6.07) is 14.1. The summed E-state index contributed by atoms with van der Waals surface area (Å²) in [6.07, 6.45) is 0.287. The molecule has 2 aromatic rings. The van der Waals surface area contributed by atoms with Crippen molar-refractivity contribution >= 4 is 17.5 Å². The normalized spacial score (nSPS) is 10.1. The van der Waals surface area contributed by atoms with Crippen molar-refractivity contribution < 1.29 is 9.59 Å². The van der Waals surface area contributed by atoms with Crippen LogP contribution in [0.4, 0.5) is 5.69 Å². The highest BCUT2D eigenvalue weighted by Crippen LogP contribution is 2.07. The minimum absolute atomic E-state index is 0.0933. The van der Waals surface area contributed by atoms with Gasteiger partial charge in [0.1, 0.15) is 0 Å². The van der Waals surface area contributed by atoms with Crippen molar-refractivity contribution in [1.82, 2.24) is 5.32 Å². The number of nitrogens with one attached hydrogen (secondary N) is 1. The van der Waals surface area contributed by atoms with Crippen LogP contribution in [0.15, 0.2) is 48.5 Å². The van der Waals surface area contributed by atoms with Crippen LogP contribution in [0.1, 0.15) is 21.5 Å². The summed E-state index contributed by atoms with van der Waals surface area (Å²) in [5, 5.41) is 2.81. The maximum atomic E-state index is 11.9. The fraction of sp³-hybridized carbons (Fsp3) is 0.125. The van der Waals surface area contributed by atoms with Crippen LogP contribution in [0.2, 0.25) is 0 Å². The second-order valence-corrected chi connectivity index (χ2v) is 4.76. The summed E-state index contributed by atoms with van der Waals surface area (Å²) in [6.45, 7) is 0.356. The van der Waals surface area contributed by atoms with Gasteiger partial charge in [-0.3, -0.25) is 9.59 Å². The van der Waals surface area contributed by atoms with Crippen LogP contribution in [-0.4, -0.2) is 11.8 Å². The third kappa shape index (κ3) is 4.35. The zero-order valence-electron chi connectivity index (χ0n) is 11.5. The van der Waals surface area contributed by atoms with E-state index in [9.17, 15) is 9.59 Å². The lowest BCUT2D eigenvalue weighted by Gasteiger charge is -2.07. The summed E-state index contributed by atoms with van der Waals surface area (Å²) in [5.41, 5.74) is 13.6. The molecule has 0 saturated heterocycles. The molecule has 0 saturated carbocycles. The topological polar surface area (TPSA) is 98.2 Å². The lowest BCUT2D eigenvalue weighted by molar-refractivity contribution is -0.120. The van der Waals surface area contributed by atoms with E-state index in [1.807, 2.05) is 18.2 Å². The van der Waals surface area contributed by atoms with Gasteiger partial charge in [-0.2, -0.15) is 0 Å². The first-order valence-electron chi connectivity index (χ1n) is 6.54. The Hall–Kier alpha value is -2.82. The van der Waals surface area contributed by atoms with Gasteiger partial charge in [-0.05, 0) is 35.4 Å². The number of nitrogens with two attached hydrogens (primary N) is 2. The van der Waals surface area contributed by atoms with E-state index in [2.05, 4.69) is 5.32 Å². The van der Waals surface area contributed by atoms with E-state index >= 15 is 0 Å². The zero-order chi connectivity index (χ0) is 15.2. The van der Waals surface area contributed by atoms with Crippen LogP contribution >= 0.6 is 0 Å². The van der Waals surface area contributed by atoms with Gasteiger partial charge in [0, 0.05) is 17.8 Å². The van der Waals surface area contributed by atoms with E-state index in [-0.39, 0.29) is 12.3 Å². The first-order valence-corrected chi connectivity index (χ1v) is 6.54. The number of primary amides is 1. The highest BCUT2D eigenvalue weighted by molar-refractivity contribution is 5.92. The molecular formula is C16H17N3O2. The van der Waals surface area contributed by atoms with Crippen LogP contribution in [-0.2, 0) is 17.8 Å². The summed E-state index contributed by atoms with van der Waals surface area (Å²) in [4.78, 5) is 22.9. The molecule has 0 atom stereocenters. The van der Waals surface area contributed by atoms with Gasteiger partial charge in [-0.25, -0.2) is 0 Å². The molecule has 2 amide bonds. The minimum Gasteiger partial charge on any atom is -0.399 e. The number of carbonyl (C=O) groups excluding carboxylic acids is 2. The van der Waals surface area contributed by atoms with Crippen LogP contribution in [0.5, 0.6) is 0 Å². The Balaban J connectivity index is 1.90. The molecule has 21 heavy (non-hydrogen) atoms. The lowest BCUT2D eigenvalue weighted by Crippen LogP contribution is -2.24. The Kier molecular flexibility index (Phi) is 4.56. The first kappa shape index (κ1) is 14.6. The van der Waals surface area contributed by atoms with Crippen LogP contribution < -0.4 is 16.8 Å². The average Bonchev–Trinajstić information content (AvgIpc) is 2.48. The molecule has 0 aliphatic heterocycles. The SMILES string of the molecule is NC(=O)c1cccc(CNC(=O)Cc2ccc(N)cc2)c1. The van der Waals surface area contributed by atoms with Gasteiger partial charge >= 0.3 is 0 Å². The lowest BCUT2D eigenvalue weighted by atomic mass is 10.1. The smallest absolute Gasteiger partial charge is 0.248 e. The number of hydrogen-bond donors (Lipinski definition) is 3. The Bertz CT molecular complexity index is 651. The summed E-state index contributed by atoms with van der Waals surface area (Å²) in [7, 11) is 0. The molecule has 0 aromatic heterocycles. The highest BCUT2D eigenvalue weighted by atomic mass is 16.1. The zero-order valence-corrected chi connectivity index (χ0v) is 11.5. The summed E-state index contributed by atoms with van der Waals surface area (Å²) >= 11 is 0. The molecule has 2 aromatic carbocycles. The molecule has 5 heteroatoms. The molecule has 5 nitrogen and oxygen atoms in total.